The predicted octanol–water partition coefficient (Wildman–Crippen LogP) is 1.64. The van der Waals surface area contributed by atoms with Crippen LogP contribution in [0.4, 0.5) is 5.69 Å². The molecule has 0 aliphatic carbocycles. The maximum atomic E-state index is 12.8. The fraction of sp³-hybridized carbons (Fsp3) is 0.500. The van der Waals surface area contributed by atoms with Crippen LogP contribution in [0.2, 0.25) is 0 Å². The molecular formula is C18H25N5O2. The van der Waals surface area contributed by atoms with Crippen molar-refractivity contribution in [2.75, 3.05) is 25.1 Å². The average molecular weight is 343 g/mol. The minimum Gasteiger partial charge on any atom is -0.381 e. The van der Waals surface area contributed by atoms with Crippen molar-refractivity contribution in [1.29, 1.82) is 0 Å². The van der Waals surface area contributed by atoms with Gasteiger partial charge >= 0.3 is 0 Å². The Balaban J connectivity index is 1.73. The number of rotatable bonds is 5. The Bertz CT molecular complexity index is 750. The fourth-order valence-corrected chi connectivity index (χ4v) is 3.18. The Kier molecular flexibility index (Phi) is 5.15. The van der Waals surface area contributed by atoms with Crippen LogP contribution in [0, 0.1) is 19.3 Å². The molecule has 1 aromatic carbocycles. The van der Waals surface area contributed by atoms with Gasteiger partial charge in [-0.15, -0.1) is 0 Å². The number of anilines is 1. The molecule has 1 aromatic heterocycles. The summed E-state index contributed by atoms with van der Waals surface area (Å²) in [5, 5.41) is 7.41. The maximum Gasteiger partial charge on any atom is 0.232 e. The van der Waals surface area contributed by atoms with E-state index >= 15 is 0 Å². The third kappa shape index (κ3) is 3.88. The van der Waals surface area contributed by atoms with Gasteiger partial charge in [-0.05, 0) is 44.4 Å². The SMILES string of the molecule is Cc1nc(C)n(Cc2cccc(NC(=O)C3(CN)CCOCC3)c2)n1. The third-order valence-corrected chi connectivity index (χ3v) is 4.80. The van der Waals surface area contributed by atoms with Crippen LogP contribution in [-0.4, -0.2) is 40.4 Å². The zero-order valence-electron chi connectivity index (χ0n) is 14.8. The van der Waals surface area contributed by atoms with Gasteiger partial charge in [0.05, 0.1) is 12.0 Å². The first-order chi connectivity index (χ1) is 12.0. The highest BCUT2D eigenvalue weighted by Gasteiger charge is 2.38. The van der Waals surface area contributed by atoms with Gasteiger partial charge in [0.25, 0.3) is 0 Å². The minimum atomic E-state index is -0.534. The van der Waals surface area contributed by atoms with E-state index in [0.717, 1.165) is 22.9 Å². The molecule has 0 spiro atoms. The molecule has 134 valence electrons. The lowest BCUT2D eigenvalue weighted by molar-refractivity contribution is -0.130. The average Bonchev–Trinajstić information content (AvgIpc) is 2.93. The van der Waals surface area contributed by atoms with E-state index in [1.54, 1.807) is 0 Å². The molecule has 2 heterocycles. The first-order valence-electron chi connectivity index (χ1n) is 8.59. The van der Waals surface area contributed by atoms with Crippen LogP contribution in [0.25, 0.3) is 0 Å². The summed E-state index contributed by atoms with van der Waals surface area (Å²) in [5.74, 6) is 1.60. The quantitative estimate of drug-likeness (QED) is 0.860. The Morgan fingerprint density at radius 1 is 1.36 bits per heavy atom. The van der Waals surface area contributed by atoms with Crippen LogP contribution < -0.4 is 11.1 Å². The number of benzene rings is 1. The molecule has 1 fully saturated rings. The van der Waals surface area contributed by atoms with E-state index < -0.39 is 5.41 Å². The Morgan fingerprint density at radius 2 is 2.12 bits per heavy atom. The summed E-state index contributed by atoms with van der Waals surface area (Å²) in [5.41, 5.74) is 7.20. The first kappa shape index (κ1) is 17.6. The van der Waals surface area contributed by atoms with Crippen molar-refractivity contribution in [2.45, 2.75) is 33.2 Å². The number of hydrogen-bond acceptors (Lipinski definition) is 5. The second-order valence-electron chi connectivity index (χ2n) is 6.62. The topological polar surface area (TPSA) is 95.1 Å². The number of amides is 1. The molecule has 0 saturated carbocycles. The molecule has 0 atom stereocenters. The number of nitrogens with zero attached hydrogens (tertiary/aromatic N) is 3. The van der Waals surface area contributed by atoms with Gasteiger partial charge in [-0.25, -0.2) is 9.67 Å². The van der Waals surface area contributed by atoms with Crippen LogP contribution in [0.1, 0.15) is 30.1 Å². The summed E-state index contributed by atoms with van der Waals surface area (Å²) in [4.78, 5) is 17.1. The van der Waals surface area contributed by atoms with Crippen molar-refractivity contribution in [3.05, 3.63) is 41.5 Å². The number of nitrogens with two attached hydrogens (primary N) is 1. The van der Waals surface area contributed by atoms with Crippen molar-refractivity contribution in [1.82, 2.24) is 14.8 Å². The molecule has 1 amide bonds. The highest BCUT2D eigenvalue weighted by Crippen LogP contribution is 2.31. The normalized spacial score (nSPS) is 16.6. The number of carbonyl (C=O) groups is 1. The zero-order valence-corrected chi connectivity index (χ0v) is 14.8. The smallest absolute Gasteiger partial charge is 0.232 e. The minimum absolute atomic E-state index is 0.0248. The second kappa shape index (κ2) is 7.33. The van der Waals surface area contributed by atoms with E-state index in [9.17, 15) is 4.79 Å². The van der Waals surface area contributed by atoms with Gasteiger partial charge < -0.3 is 15.8 Å². The van der Waals surface area contributed by atoms with Gasteiger partial charge in [-0.1, -0.05) is 12.1 Å². The summed E-state index contributed by atoms with van der Waals surface area (Å²) >= 11 is 0. The maximum absolute atomic E-state index is 12.8. The lowest BCUT2D eigenvalue weighted by Gasteiger charge is -2.34. The molecule has 7 nitrogen and oxygen atoms in total. The fourth-order valence-electron chi connectivity index (χ4n) is 3.18. The lowest BCUT2D eigenvalue weighted by atomic mass is 9.79. The van der Waals surface area contributed by atoms with Gasteiger partial charge in [0.15, 0.2) is 0 Å². The Labute approximate surface area is 147 Å². The number of carbonyl (C=O) groups excluding carboxylic acids is 1. The molecule has 3 rings (SSSR count). The van der Waals surface area contributed by atoms with Gasteiger partial charge in [0.1, 0.15) is 11.6 Å². The van der Waals surface area contributed by atoms with Crippen LogP contribution in [0.5, 0.6) is 0 Å². The highest BCUT2D eigenvalue weighted by atomic mass is 16.5. The van der Waals surface area contributed by atoms with Crippen LogP contribution in [0.15, 0.2) is 24.3 Å². The molecule has 2 aromatic rings. The Morgan fingerprint density at radius 3 is 2.76 bits per heavy atom. The molecular weight excluding hydrogens is 318 g/mol. The van der Waals surface area contributed by atoms with E-state index in [-0.39, 0.29) is 5.91 Å². The van der Waals surface area contributed by atoms with Crippen molar-refractivity contribution in [2.24, 2.45) is 11.1 Å². The number of ether oxygens (including phenoxy) is 1. The second-order valence-corrected chi connectivity index (χ2v) is 6.62. The van der Waals surface area contributed by atoms with Crippen LogP contribution in [0.3, 0.4) is 0 Å². The first-order valence-corrected chi connectivity index (χ1v) is 8.59. The van der Waals surface area contributed by atoms with Gasteiger partial charge in [-0.3, -0.25) is 4.79 Å². The molecule has 3 N–H and O–H groups in total. The Hall–Kier alpha value is -2.25. The molecule has 0 bridgehead atoms. The van der Waals surface area contributed by atoms with Crippen LogP contribution >= 0.6 is 0 Å². The van der Waals surface area contributed by atoms with E-state index in [0.29, 0.717) is 39.1 Å². The summed E-state index contributed by atoms with van der Waals surface area (Å²) < 4.78 is 7.23. The molecule has 1 aliphatic rings. The van der Waals surface area contributed by atoms with Crippen molar-refractivity contribution in [3.63, 3.8) is 0 Å². The highest BCUT2D eigenvalue weighted by molar-refractivity contribution is 5.95. The van der Waals surface area contributed by atoms with Crippen molar-refractivity contribution >= 4 is 11.6 Å². The van der Waals surface area contributed by atoms with Crippen molar-refractivity contribution < 1.29 is 9.53 Å². The molecule has 0 unspecified atom stereocenters. The summed E-state index contributed by atoms with van der Waals surface area (Å²) in [7, 11) is 0. The van der Waals surface area contributed by atoms with E-state index in [4.69, 9.17) is 10.5 Å². The van der Waals surface area contributed by atoms with E-state index in [1.165, 1.54) is 0 Å². The number of hydrogen-bond donors (Lipinski definition) is 2. The number of aromatic nitrogens is 3. The molecule has 1 saturated heterocycles. The van der Waals surface area contributed by atoms with Gasteiger partial charge in [-0.2, -0.15) is 5.10 Å². The predicted molar refractivity (Wildman–Crippen MR) is 95.2 cm³/mol. The molecule has 25 heavy (non-hydrogen) atoms. The van der Waals surface area contributed by atoms with E-state index in [2.05, 4.69) is 15.4 Å². The number of nitrogens with one attached hydrogen (secondary N) is 1. The van der Waals surface area contributed by atoms with Gasteiger partial charge in [0.2, 0.25) is 5.91 Å². The standard InChI is InChI=1S/C18H25N5O2/c1-13-20-14(2)23(22-13)11-15-4-3-5-16(10-15)21-17(24)18(12-19)6-8-25-9-7-18/h3-5,10H,6-9,11-12,19H2,1-2H3,(H,21,24). The van der Waals surface area contributed by atoms with Crippen LogP contribution in [-0.2, 0) is 16.1 Å². The van der Waals surface area contributed by atoms with E-state index in [1.807, 2.05) is 42.8 Å². The molecule has 0 radical (unpaired) electrons. The summed E-state index contributed by atoms with van der Waals surface area (Å²) in [6, 6.07) is 7.81. The number of aryl methyl sites for hydroxylation is 2. The zero-order chi connectivity index (χ0) is 17.9. The lowest BCUT2D eigenvalue weighted by Crippen LogP contribution is -2.46. The van der Waals surface area contributed by atoms with Crippen molar-refractivity contribution in [3.8, 4) is 0 Å². The largest absolute Gasteiger partial charge is 0.381 e. The molecule has 7 heteroatoms. The summed E-state index contributed by atoms with van der Waals surface area (Å²) in [6.45, 7) is 5.92. The third-order valence-electron chi connectivity index (χ3n) is 4.80. The molecule has 1 aliphatic heterocycles. The monoisotopic (exact) mass is 343 g/mol. The summed E-state index contributed by atoms with van der Waals surface area (Å²) in [6.07, 6.45) is 1.32. The van der Waals surface area contributed by atoms with Gasteiger partial charge in [0, 0.05) is 25.4 Å².